The van der Waals surface area contributed by atoms with Crippen molar-refractivity contribution in [2.24, 2.45) is 5.10 Å². The highest BCUT2D eigenvalue weighted by atomic mass is 32.1. The molecule has 1 saturated heterocycles. The van der Waals surface area contributed by atoms with Crippen molar-refractivity contribution in [2.45, 2.75) is 31.9 Å². The normalized spacial score (nSPS) is 14.6. The minimum absolute atomic E-state index is 0.0186. The van der Waals surface area contributed by atoms with Crippen molar-refractivity contribution in [2.75, 3.05) is 23.3 Å². The zero-order valence-corrected chi connectivity index (χ0v) is 18.4. The smallest absolute Gasteiger partial charge is 0.416 e. The Bertz CT molecular complexity index is 1120. The Balaban J connectivity index is 1.27. The SMILES string of the molecule is O=C(Cc1csc(Nc2cccc(C(F)(F)F)c2)n1)N/N=C\c1ccc(N2CCCCC2)o1. The molecule has 2 N–H and O–H groups in total. The summed E-state index contributed by atoms with van der Waals surface area (Å²) < 4.78 is 44.3. The van der Waals surface area contributed by atoms with Crippen LogP contribution in [0.1, 0.15) is 36.3 Å². The van der Waals surface area contributed by atoms with Crippen LogP contribution in [0, 0.1) is 0 Å². The number of rotatable bonds is 7. The maximum atomic E-state index is 12.8. The van der Waals surface area contributed by atoms with Crippen LogP contribution in [0.25, 0.3) is 0 Å². The van der Waals surface area contributed by atoms with Crippen LogP contribution in [0.3, 0.4) is 0 Å². The summed E-state index contributed by atoms with van der Waals surface area (Å²) in [5.41, 5.74) is 2.42. The minimum atomic E-state index is -4.42. The van der Waals surface area contributed by atoms with Gasteiger partial charge in [-0.2, -0.15) is 18.3 Å². The van der Waals surface area contributed by atoms with Crippen molar-refractivity contribution in [1.29, 1.82) is 0 Å². The van der Waals surface area contributed by atoms with Crippen molar-refractivity contribution < 1.29 is 22.4 Å². The summed E-state index contributed by atoms with van der Waals surface area (Å²) in [6, 6.07) is 8.53. The second-order valence-corrected chi connectivity index (χ2v) is 8.40. The number of aromatic nitrogens is 1. The number of hydrogen-bond donors (Lipinski definition) is 2. The average molecular weight is 478 g/mol. The highest BCUT2D eigenvalue weighted by Gasteiger charge is 2.30. The Hall–Kier alpha value is -3.34. The van der Waals surface area contributed by atoms with Crippen LogP contribution in [-0.2, 0) is 17.4 Å². The molecule has 2 aromatic heterocycles. The number of carbonyl (C=O) groups is 1. The number of nitrogens with one attached hydrogen (secondary N) is 2. The van der Waals surface area contributed by atoms with Gasteiger partial charge in [0.05, 0.1) is 23.9 Å². The molecule has 0 bridgehead atoms. The molecular formula is C22H22F3N5O2S. The summed E-state index contributed by atoms with van der Waals surface area (Å²) in [5.74, 6) is 0.966. The lowest BCUT2D eigenvalue weighted by Gasteiger charge is -2.25. The fourth-order valence-electron chi connectivity index (χ4n) is 3.41. The highest BCUT2D eigenvalue weighted by Crippen LogP contribution is 2.31. The van der Waals surface area contributed by atoms with Crippen LogP contribution in [0.2, 0.25) is 0 Å². The fraction of sp³-hybridized carbons (Fsp3) is 0.318. The van der Waals surface area contributed by atoms with Gasteiger partial charge in [-0.15, -0.1) is 11.3 Å². The van der Waals surface area contributed by atoms with Gasteiger partial charge in [-0.1, -0.05) is 6.07 Å². The molecule has 1 aliphatic heterocycles. The second-order valence-electron chi connectivity index (χ2n) is 7.54. The van der Waals surface area contributed by atoms with E-state index in [1.165, 1.54) is 36.1 Å². The molecule has 11 heteroatoms. The molecule has 174 valence electrons. The number of nitrogens with zero attached hydrogens (tertiary/aromatic N) is 3. The van der Waals surface area contributed by atoms with Crippen molar-refractivity contribution in [3.63, 3.8) is 0 Å². The molecule has 4 rings (SSSR count). The Morgan fingerprint density at radius 3 is 2.82 bits per heavy atom. The lowest BCUT2D eigenvalue weighted by molar-refractivity contribution is -0.137. The third-order valence-electron chi connectivity index (χ3n) is 5.00. The van der Waals surface area contributed by atoms with E-state index in [1.54, 1.807) is 11.4 Å². The van der Waals surface area contributed by atoms with Gasteiger partial charge in [0.25, 0.3) is 0 Å². The maximum absolute atomic E-state index is 12.8. The number of furan rings is 1. The van der Waals surface area contributed by atoms with E-state index >= 15 is 0 Å². The number of alkyl halides is 3. The highest BCUT2D eigenvalue weighted by molar-refractivity contribution is 7.13. The molecule has 1 aliphatic rings. The number of carbonyl (C=O) groups excluding carboxylic acids is 1. The van der Waals surface area contributed by atoms with E-state index in [0.29, 0.717) is 16.6 Å². The van der Waals surface area contributed by atoms with Gasteiger partial charge in [-0.25, -0.2) is 10.4 Å². The number of hydrogen-bond acceptors (Lipinski definition) is 7. The third kappa shape index (κ3) is 6.35. The number of anilines is 3. The molecule has 0 aliphatic carbocycles. The van der Waals surface area contributed by atoms with Crippen LogP contribution in [0.4, 0.5) is 29.9 Å². The number of piperidine rings is 1. The first-order chi connectivity index (χ1) is 15.9. The number of halogens is 3. The molecule has 0 spiro atoms. The summed E-state index contributed by atoms with van der Waals surface area (Å²) in [6.07, 6.45) is 0.526. The van der Waals surface area contributed by atoms with Gasteiger partial charge in [0.2, 0.25) is 5.91 Å². The first kappa shape index (κ1) is 22.8. The summed E-state index contributed by atoms with van der Waals surface area (Å²) in [5, 5.41) is 8.81. The zero-order valence-electron chi connectivity index (χ0n) is 17.6. The molecule has 0 unspecified atom stereocenters. The standard InChI is InChI=1S/C22H22F3N5O2S/c23-22(24,25)15-5-4-6-16(11-15)27-21-28-17(14-33-21)12-19(31)29-26-13-18-7-8-20(32-18)30-9-2-1-3-10-30/h4-8,11,13-14H,1-3,9-10,12H2,(H,27,28)(H,29,31)/b26-13-. The summed E-state index contributed by atoms with van der Waals surface area (Å²) in [4.78, 5) is 18.6. The summed E-state index contributed by atoms with van der Waals surface area (Å²) >= 11 is 1.20. The molecule has 0 atom stereocenters. The van der Waals surface area contributed by atoms with Crippen LogP contribution in [0.15, 0.2) is 51.3 Å². The van der Waals surface area contributed by atoms with Crippen LogP contribution in [-0.4, -0.2) is 30.2 Å². The van der Waals surface area contributed by atoms with Crippen molar-refractivity contribution >= 4 is 40.2 Å². The molecule has 1 aromatic carbocycles. The van der Waals surface area contributed by atoms with Gasteiger partial charge in [0.1, 0.15) is 5.76 Å². The Morgan fingerprint density at radius 2 is 2.03 bits per heavy atom. The Kier molecular flexibility index (Phi) is 6.97. The van der Waals surface area contributed by atoms with Crippen LogP contribution in [0.5, 0.6) is 0 Å². The second kappa shape index (κ2) is 10.1. The van der Waals surface area contributed by atoms with Gasteiger partial charge >= 0.3 is 6.18 Å². The first-order valence-electron chi connectivity index (χ1n) is 10.4. The van der Waals surface area contributed by atoms with Gasteiger partial charge in [0.15, 0.2) is 11.0 Å². The molecule has 1 amide bonds. The van der Waals surface area contributed by atoms with Crippen LogP contribution >= 0.6 is 11.3 Å². The third-order valence-corrected chi connectivity index (χ3v) is 5.80. The molecule has 0 saturated carbocycles. The number of benzene rings is 1. The minimum Gasteiger partial charge on any atom is -0.440 e. The summed E-state index contributed by atoms with van der Waals surface area (Å²) in [6.45, 7) is 1.94. The first-order valence-corrected chi connectivity index (χ1v) is 11.3. The maximum Gasteiger partial charge on any atom is 0.416 e. The van der Waals surface area contributed by atoms with Crippen molar-refractivity contribution in [3.05, 3.63) is 58.8 Å². The largest absolute Gasteiger partial charge is 0.440 e. The Labute approximate surface area is 192 Å². The van der Waals surface area contributed by atoms with Gasteiger partial charge in [-0.05, 0) is 43.5 Å². The summed E-state index contributed by atoms with van der Waals surface area (Å²) in [7, 11) is 0. The number of thiazole rings is 1. The fourth-order valence-corrected chi connectivity index (χ4v) is 4.14. The van der Waals surface area contributed by atoms with E-state index in [1.807, 2.05) is 6.07 Å². The van der Waals surface area contributed by atoms with Crippen LogP contribution < -0.4 is 15.6 Å². The predicted molar refractivity (Wildman–Crippen MR) is 121 cm³/mol. The molecule has 7 nitrogen and oxygen atoms in total. The van der Waals surface area contributed by atoms with E-state index < -0.39 is 11.7 Å². The molecule has 33 heavy (non-hydrogen) atoms. The van der Waals surface area contributed by atoms with E-state index in [4.69, 9.17) is 4.42 Å². The number of hydrazone groups is 1. The molecule has 1 fully saturated rings. The lowest BCUT2D eigenvalue weighted by Crippen LogP contribution is -2.28. The van der Waals surface area contributed by atoms with E-state index in [-0.39, 0.29) is 18.0 Å². The average Bonchev–Trinajstić information content (AvgIpc) is 3.44. The van der Waals surface area contributed by atoms with Gasteiger partial charge < -0.3 is 14.6 Å². The molecular weight excluding hydrogens is 455 g/mol. The molecule has 0 radical (unpaired) electrons. The topological polar surface area (TPSA) is 82.8 Å². The van der Waals surface area contributed by atoms with Gasteiger partial charge in [-0.3, -0.25) is 4.79 Å². The van der Waals surface area contributed by atoms with E-state index in [0.717, 1.165) is 43.9 Å². The molecule has 3 aromatic rings. The zero-order chi connectivity index (χ0) is 23.3. The quantitative estimate of drug-likeness (QED) is 0.362. The lowest BCUT2D eigenvalue weighted by atomic mass is 10.1. The van der Waals surface area contributed by atoms with E-state index in [2.05, 4.69) is 25.7 Å². The monoisotopic (exact) mass is 477 g/mol. The Morgan fingerprint density at radius 1 is 1.21 bits per heavy atom. The van der Waals surface area contributed by atoms with E-state index in [9.17, 15) is 18.0 Å². The number of amides is 1. The predicted octanol–water partition coefficient (Wildman–Crippen LogP) is 5.18. The molecule has 3 heterocycles. The van der Waals surface area contributed by atoms with Gasteiger partial charge in [0, 0.05) is 30.2 Å². The van der Waals surface area contributed by atoms with Crippen molar-refractivity contribution in [1.82, 2.24) is 10.4 Å². The van der Waals surface area contributed by atoms with Crippen molar-refractivity contribution in [3.8, 4) is 0 Å².